The fourth-order valence-corrected chi connectivity index (χ4v) is 3.13. The summed E-state index contributed by atoms with van der Waals surface area (Å²) in [7, 11) is 1.63. The Morgan fingerprint density at radius 3 is 2.30 bits per heavy atom. The van der Waals surface area contributed by atoms with Crippen molar-refractivity contribution in [3.63, 3.8) is 0 Å². The first-order chi connectivity index (χ1) is 15.6. The van der Waals surface area contributed by atoms with Crippen LogP contribution in [0.5, 0.6) is 11.8 Å². The predicted octanol–water partition coefficient (Wildman–Crippen LogP) is 4.73. The Kier molecular flexibility index (Phi) is 5.46. The lowest BCUT2D eigenvalue weighted by Crippen LogP contribution is -2.13. The number of hydrogen-bond donors (Lipinski definition) is 2. The summed E-state index contributed by atoms with van der Waals surface area (Å²) in [5.41, 5.74) is 0.185. The van der Waals surface area contributed by atoms with Crippen molar-refractivity contribution in [1.29, 1.82) is 0 Å². The number of hydrogen-bond acceptors (Lipinski definition) is 5. The molecule has 0 radical (unpaired) electrons. The average molecular weight is 456 g/mol. The van der Waals surface area contributed by atoms with Crippen molar-refractivity contribution in [2.75, 3.05) is 5.32 Å². The second-order valence-corrected chi connectivity index (χ2v) is 7.00. The lowest BCUT2D eigenvalue weighted by molar-refractivity contribution is -0.137. The molecule has 1 amide bonds. The van der Waals surface area contributed by atoms with E-state index < -0.39 is 23.6 Å². The summed E-state index contributed by atoms with van der Waals surface area (Å²) in [6.45, 7) is 0. The molecule has 0 aliphatic carbocycles. The van der Waals surface area contributed by atoms with Crippen LogP contribution in [0.15, 0.2) is 60.9 Å². The SMILES string of the molecule is Cn1c(C(=O)O)cc2ccc(Oc3ncc(NC(=O)c4ccc(C(F)(F)F)cc4)cn3)cc21. The number of amides is 1. The molecule has 0 fully saturated rings. The zero-order valence-corrected chi connectivity index (χ0v) is 16.9. The molecule has 0 spiro atoms. The molecule has 11 heteroatoms. The van der Waals surface area contributed by atoms with E-state index in [2.05, 4.69) is 15.3 Å². The Balaban J connectivity index is 1.44. The van der Waals surface area contributed by atoms with Gasteiger partial charge in [-0.15, -0.1) is 0 Å². The largest absolute Gasteiger partial charge is 0.477 e. The molecule has 2 N–H and O–H groups in total. The molecule has 2 aromatic heterocycles. The Morgan fingerprint density at radius 1 is 1.03 bits per heavy atom. The van der Waals surface area contributed by atoms with Gasteiger partial charge in [0.15, 0.2) is 0 Å². The van der Waals surface area contributed by atoms with Gasteiger partial charge in [-0.25, -0.2) is 14.8 Å². The Hall–Kier alpha value is -4.41. The fourth-order valence-electron chi connectivity index (χ4n) is 3.13. The van der Waals surface area contributed by atoms with E-state index in [9.17, 15) is 27.9 Å². The van der Waals surface area contributed by atoms with Crippen LogP contribution >= 0.6 is 0 Å². The molecule has 0 bridgehead atoms. The van der Waals surface area contributed by atoms with Crippen molar-refractivity contribution in [3.8, 4) is 11.8 Å². The lowest BCUT2D eigenvalue weighted by Gasteiger charge is -2.09. The van der Waals surface area contributed by atoms with E-state index in [0.717, 1.165) is 29.7 Å². The predicted molar refractivity (Wildman–Crippen MR) is 111 cm³/mol. The normalized spacial score (nSPS) is 11.4. The summed E-state index contributed by atoms with van der Waals surface area (Å²) in [4.78, 5) is 31.5. The molecule has 0 aliphatic rings. The number of carboxylic acids is 1. The maximum atomic E-state index is 12.6. The van der Waals surface area contributed by atoms with E-state index in [0.29, 0.717) is 11.3 Å². The molecule has 0 atom stereocenters. The van der Waals surface area contributed by atoms with Gasteiger partial charge in [-0.05, 0) is 42.5 Å². The number of rotatable bonds is 5. The van der Waals surface area contributed by atoms with E-state index in [1.54, 1.807) is 31.3 Å². The summed E-state index contributed by atoms with van der Waals surface area (Å²) in [5, 5.41) is 12.4. The number of carbonyl (C=O) groups is 2. The first kappa shape index (κ1) is 21.8. The molecule has 0 aliphatic heterocycles. The molecule has 0 saturated carbocycles. The van der Waals surface area contributed by atoms with Gasteiger partial charge in [0, 0.05) is 24.1 Å². The highest BCUT2D eigenvalue weighted by molar-refractivity contribution is 6.04. The third kappa shape index (κ3) is 4.61. The quantitative estimate of drug-likeness (QED) is 0.450. The Bertz CT molecular complexity index is 1350. The summed E-state index contributed by atoms with van der Waals surface area (Å²) in [6.07, 6.45) is -1.91. The molecule has 8 nitrogen and oxygen atoms in total. The van der Waals surface area contributed by atoms with Crippen molar-refractivity contribution >= 4 is 28.5 Å². The van der Waals surface area contributed by atoms with Crippen LogP contribution in [0.25, 0.3) is 10.9 Å². The van der Waals surface area contributed by atoms with Gasteiger partial charge in [0.1, 0.15) is 11.4 Å². The van der Waals surface area contributed by atoms with Gasteiger partial charge in [-0.2, -0.15) is 13.2 Å². The number of alkyl halides is 3. The van der Waals surface area contributed by atoms with Crippen LogP contribution in [-0.4, -0.2) is 31.5 Å². The van der Waals surface area contributed by atoms with Crippen LogP contribution in [0, 0.1) is 0 Å². The van der Waals surface area contributed by atoms with Crippen LogP contribution < -0.4 is 10.1 Å². The number of fused-ring (bicyclic) bond motifs is 1. The van der Waals surface area contributed by atoms with Gasteiger partial charge < -0.3 is 19.7 Å². The summed E-state index contributed by atoms with van der Waals surface area (Å²) < 4.78 is 45.0. The minimum atomic E-state index is -4.48. The number of aromatic nitrogens is 3. The molecule has 2 heterocycles. The van der Waals surface area contributed by atoms with E-state index in [-0.39, 0.29) is 23.0 Å². The smallest absolute Gasteiger partial charge is 0.416 e. The molecule has 2 aromatic carbocycles. The third-order valence-corrected chi connectivity index (χ3v) is 4.81. The number of aromatic carboxylic acids is 1. The van der Waals surface area contributed by atoms with Gasteiger partial charge in [0.25, 0.3) is 5.91 Å². The van der Waals surface area contributed by atoms with Crippen molar-refractivity contribution in [2.24, 2.45) is 7.05 Å². The number of carboxylic acid groups (broad SMARTS) is 1. The maximum absolute atomic E-state index is 12.6. The molecule has 0 unspecified atom stereocenters. The fraction of sp³-hybridized carbons (Fsp3) is 0.0909. The van der Waals surface area contributed by atoms with Gasteiger partial charge in [0.05, 0.1) is 29.2 Å². The number of carbonyl (C=O) groups excluding carboxylic acids is 1. The third-order valence-electron chi connectivity index (χ3n) is 4.81. The number of benzene rings is 2. The van der Waals surface area contributed by atoms with Crippen LogP contribution in [-0.2, 0) is 13.2 Å². The van der Waals surface area contributed by atoms with E-state index >= 15 is 0 Å². The molecule has 0 saturated heterocycles. The lowest BCUT2D eigenvalue weighted by atomic mass is 10.1. The summed E-state index contributed by atoms with van der Waals surface area (Å²) >= 11 is 0. The van der Waals surface area contributed by atoms with Crippen molar-refractivity contribution < 1.29 is 32.6 Å². The number of ether oxygens (including phenoxy) is 1. The van der Waals surface area contributed by atoms with Crippen LogP contribution in [0.2, 0.25) is 0 Å². The molecular formula is C22H15F3N4O4. The average Bonchev–Trinajstić information content (AvgIpc) is 3.11. The highest BCUT2D eigenvalue weighted by Crippen LogP contribution is 2.29. The van der Waals surface area contributed by atoms with Crippen molar-refractivity contribution in [1.82, 2.24) is 14.5 Å². The zero-order valence-electron chi connectivity index (χ0n) is 16.9. The Morgan fingerprint density at radius 2 is 1.70 bits per heavy atom. The van der Waals surface area contributed by atoms with Crippen molar-refractivity contribution in [3.05, 3.63) is 77.7 Å². The van der Waals surface area contributed by atoms with Gasteiger partial charge in [0.2, 0.25) is 0 Å². The molecular weight excluding hydrogens is 441 g/mol. The van der Waals surface area contributed by atoms with Crippen LogP contribution in [0.1, 0.15) is 26.4 Å². The summed E-state index contributed by atoms with van der Waals surface area (Å²) in [5.74, 6) is -1.29. The van der Waals surface area contributed by atoms with E-state index in [1.807, 2.05) is 0 Å². The maximum Gasteiger partial charge on any atom is 0.416 e. The van der Waals surface area contributed by atoms with Gasteiger partial charge in [-0.3, -0.25) is 4.79 Å². The minimum Gasteiger partial charge on any atom is -0.477 e. The van der Waals surface area contributed by atoms with Gasteiger partial charge >= 0.3 is 18.2 Å². The number of nitrogens with one attached hydrogen (secondary N) is 1. The Labute approximate surface area is 184 Å². The molecule has 4 aromatic rings. The number of nitrogens with zero attached hydrogens (tertiary/aromatic N) is 3. The minimum absolute atomic E-state index is 0.0189. The van der Waals surface area contributed by atoms with Crippen LogP contribution in [0.3, 0.4) is 0 Å². The summed E-state index contributed by atoms with van der Waals surface area (Å²) in [6, 6.07) is 10.3. The first-order valence-electron chi connectivity index (χ1n) is 9.43. The van der Waals surface area contributed by atoms with Gasteiger partial charge in [-0.1, -0.05) is 0 Å². The topological polar surface area (TPSA) is 106 Å². The zero-order chi connectivity index (χ0) is 23.8. The highest BCUT2D eigenvalue weighted by atomic mass is 19.4. The number of halogens is 3. The molecule has 4 rings (SSSR count). The van der Waals surface area contributed by atoms with E-state index in [4.69, 9.17) is 4.74 Å². The van der Waals surface area contributed by atoms with E-state index in [1.165, 1.54) is 17.0 Å². The molecule has 33 heavy (non-hydrogen) atoms. The first-order valence-corrected chi connectivity index (χ1v) is 9.43. The standard InChI is InChI=1S/C22H15F3N4O4/c1-29-17-9-16(7-4-13(17)8-18(29)20(31)32)33-21-26-10-15(11-27-21)28-19(30)12-2-5-14(6-3-12)22(23,24)25/h2-11H,1H3,(H,28,30)(H,31,32). The highest BCUT2D eigenvalue weighted by Gasteiger charge is 2.30. The monoisotopic (exact) mass is 456 g/mol. The number of anilines is 1. The van der Waals surface area contributed by atoms with Crippen LogP contribution in [0.4, 0.5) is 18.9 Å². The second-order valence-electron chi connectivity index (χ2n) is 7.00. The second kappa shape index (κ2) is 8.26. The number of aryl methyl sites for hydroxylation is 1. The molecule has 168 valence electrons. The van der Waals surface area contributed by atoms with Crippen molar-refractivity contribution in [2.45, 2.75) is 6.18 Å².